The summed E-state index contributed by atoms with van der Waals surface area (Å²) in [5, 5.41) is 2.95. The Balaban J connectivity index is 1.50. The van der Waals surface area contributed by atoms with E-state index in [1.165, 1.54) is 4.90 Å². The third-order valence-corrected chi connectivity index (χ3v) is 6.49. The highest BCUT2D eigenvalue weighted by Crippen LogP contribution is 2.21. The standard InChI is InChI=1S/C27H28ClN5O4/c1-37-21-10-7-18(8-11-21)13-22-27(36)32(15-19-5-3-2-4-6-19)17-25(35)33(22)16-24(34)30-14-20-9-12-23(29)31-26(20)28/h2-12,22H,13-17H2,1H3,(H2,29,31)(H,30,34). The van der Waals surface area contributed by atoms with Gasteiger partial charge in [-0.25, -0.2) is 4.98 Å². The molecule has 192 valence electrons. The number of aromatic nitrogens is 1. The number of halogens is 1. The molecule has 1 unspecified atom stereocenters. The monoisotopic (exact) mass is 521 g/mol. The van der Waals surface area contributed by atoms with Crippen LogP contribution in [0.5, 0.6) is 5.75 Å². The molecule has 10 heteroatoms. The van der Waals surface area contributed by atoms with Gasteiger partial charge in [0, 0.05) is 25.1 Å². The number of nitrogens with zero attached hydrogens (tertiary/aromatic N) is 3. The topological polar surface area (TPSA) is 118 Å². The van der Waals surface area contributed by atoms with Crippen LogP contribution < -0.4 is 15.8 Å². The predicted molar refractivity (Wildman–Crippen MR) is 140 cm³/mol. The molecule has 0 spiro atoms. The third-order valence-electron chi connectivity index (χ3n) is 6.16. The van der Waals surface area contributed by atoms with Crippen molar-refractivity contribution in [1.82, 2.24) is 20.1 Å². The number of hydrogen-bond donors (Lipinski definition) is 2. The van der Waals surface area contributed by atoms with Gasteiger partial charge in [-0.05, 0) is 29.3 Å². The second-order valence-electron chi connectivity index (χ2n) is 8.73. The minimum absolute atomic E-state index is 0.103. The summed E-state index contributed by atoms with van der Waals surface area (Å²) in [7, 11) is 1.58. The summed E-state index contributed by atoms with van der Waals surface area (Å²) in [6, 6.07) is 19.2. The summed E-state index contributed by atoms with van der Waals surface area (Å²) >= 11 is 6.10. The number of carbonyl (C=O) groups excluding carboxylic acids is 3. The molecule has 3 aromatic rings. The van der Waals surface area contributed by atoms with Crippen molar-refractivity contribution < 1.29 is 19.1 Å². The number of nitrogen functional groups attached to an aromatic ring is 1. The van der Waals surface area contributed by atoms with Crippen molar-refractivity contribution in [1.29, 1.82) is 0 Å². The lowest BCUT2D eigenvalue weighted by Gasteiger charge is -2.40. The Bertz CT molecular complexity index is 1270. The molecular formula is C27H28ClN5O4. The number of carbonyl (C=O) groups is 3. The average molecular weight is 522 g/mol. The summed E-state index contributed by atoms with van der Waals surface area (Å²) in [5.74, 6) is 0.0472. The van der Waals surface area contributed by atoms with Crippen molar-refractivity contribution in [3.63, 3.8) is 0 Å². The van der Waals surface area contributed by atoms with Crippen LogP contribution >= 0.6 is 11.6 Å². The fraction of sp³-hybridized carbons (Fsp3) is 0.259. The van der Waals surface area contributed by atoms with Crippen LogP contribution in [0.4, 0.5) is 5.82 Å². The second-order valence-corrected chi connectivity index (χ2v) is 9.09. The Morgan fingerprint density at radius 1 is 1.08 bits per heavy atom. The number of nitrogens with two attached hydrogens (primary N) is 1. The number of hydrogen-bond acceptors (Lipinski definition) is 6. The average Bonchev–Trinajstić information content (AvgIpc) is 2.89. The minimum Gasteiger partial charge on any atom is -0.497 e. The van der Waals surface area contributed by atoms with Crippen molar-refractivity contribution in [2.24, 2.45) is 0 Å². The van der Waals surface area contributed by atoms with E-state index in [2.05, 4.69) is 10.3 Å². The highest BCUT2D eigenvalue weighted by atomic mass is 35.5. The number of anilines is 1. The van der Waals surface area contributed by atoms with Gasteiger partial charge in [-0.2, -0.15) is 0 Å². The van der Waals surface area contributed by atoms with E-state index in [1.54, 1.807) is 36.3 Å². The molecule has 4 rings (SSSR count). The maximum absolute atomic E-state index is 13.6. The molecule has 2 aromatic carbocycles. The first-order chi connectivity index (χ1) is 17.8. The molecule has 1 aromatic heterocycles. The molecule has 37 heavy (non-hydrogen) atoms. The number of nitrogens with one attached hydrogen (secondary N) is 1. The van der Waals surface area contributed by atoms with Gasteiger partial charge in [0.15, 0.2) is 0 Å². The molecule has 1 atom stereocenters. The molecule has 1 aliphatic heterocycles. The maximum atomic E-state index is 13.6. The van der Waals surface area contributed by atoms with Crippen LogP contribution in [-0.4, -0.2) is 58.7 Å². The summed E-state index contributed by atoms with van der Waals surface area (Å²) in [6.07, 6.45) is 0.265. The first kappa shape index (κ1) is 26.0. The van der Waals surface area contributed by atoms with Gasteiger partial charge in [0.25, 0.3) is 0 Å². The lowest BCUT2D eigenvalue weighted by Crippen LogP contribution is -2.61. The molecular weight excluding hydrogens is 494 g/mol. The molecule has 0 bridgehead atoms. The Morgan fingerprint density at radius 3 is 2.49 bits per heavy atom. The Kier molecular flexibility index (Phi) is 8.25. The van der Waals surface area contributed by atoms with E-state index in [4.69, 9.17) is 22.1 Å². The van der Waals surface area contributed by atoms with Crippen LogP contribution in [0.2, 0.25) is 5.15 Å². The summed E-state index contributed by atoms with van der Waals surface area (Å²) in [4.78, 5) is 46.5. The van der Waals surface area contributed by atoms with Crippen LogP contribution in [-0.2, 0) is 33.9 Å². The van der Waals surface area contributed by atoms with Crippen LogP contribution in [0, 0.1) is 0 Å². The van der Waals surface area contributed by atoms with Crippen LogP contribution in [0.15, 0.2) is 66.7 Å². The lowest BCUT2D eigenvalue weighted by molar-refractivity contribution is -0.157. The molecule has 0 aliphatic carbocycles. The van der Waals surface area contributed by atoms with Gasteiger partial charge in [-0.15, -0.1) is 0 Å². The highest BCUT2D eigenvalue weighted by Gasteiger charge is 2.40. The molecule has 0 saturated carbocycles. The van der Waals surface area contributed by atoms with Gasteiger partial charge >= 0.3 is 0 Å². The SMILES string of the molecule is COc1ccc(CC2C(=O)N(Cc3ccccc3)CC(=O)N2CC(=O)NCc2ccc(N)nc2Cl)cc1. The smallest absolute Gasteiger partial charge is 0.246 e. The van der Waals surface area contributed by atoms with Crippen molar-refractivity contribution in [2.45, 2.75) is 25.6 Å². The predicted octanol–water partition coefficient (Wildman–Crippen LogP) is 2.42. The number of pyridine rings is 1. The minimum atomic E-state index is -0.828. The Hall–Kier alpha value is -4.11. The number of amides is 3. The molecule has 1 aliphatic rings. The second kappa shape index (κ2) is 11.7. The zero-order valence-electron chi connectivity index (χ0n) is 20.4. The van der Waals surface area contributed by atoms with Crippen LogP contribution in [0.3, 0.4) is 0 Å². The van der Waals surface area contributed by atoms with Crippen LogP contribution in [0.1, 0.15) is 16.7 Å². The van der Waals surface area contributed by atoms with Crippen LogP contribution in [0.25, 0.3) is 0 Å². The zero-order chi connectivity index (χ0) is 26.4. The zero-order valence-corrected chi connectivity index (χ0v) is 21.1. The van der Waals surface area contributed by atoms with Gasteiger partial charge in [0.05, 0.1) is 7.11 Å². The van der Waals surface area contributed by atoms with E-state index < -0.39 is 11.9 Å². The number of piperazine rings is 1. The molecule has 1 fully saturated rings. The third kappa shape index (κ3) is 6.56. The largest absolute Gasteiger partial charge is 0.497 e. The fourth-order valence-electron chi connectivity index (χ4n) is 4.18. The molecule has 0 radical (unpaired) electrons. The molecule has 9 nitrogen and oxygen atoms in total. The van der Waals surface area contributed by atoms with E-state index in [0.717, 1.165) is 11.1 Å². The molecule has 2 heterocycles. The van der Waals surface area contributed by atoms with Gasteiger partial charge < -0.3 is 25.6 Å². The summed E-state index contributed by atoms with van der Waals surface area (Å²) in [6.45, 7) is 0.0653. The van der Waals surface area contributed by atoms with E-state index in [9.17, 15) is 14.4 Å². The number of ether oxygens (including phenoxy) is 1. The van der Waals surface area contributed by atoms with E-state index in [-0.39, 0.29) is 48.8 Å². The van der Waals surface area contributed by atoms with E-state index in [0.29, 0.717) is 17.9 Å². The molecule has 1 saturated heterocycles. The van der Waals surface area contributed by atoms with Gasteiger partial charge in [-0.3, -0.25) is 14.4 Å². The Labute approximate surface area is 220 Å². The van der Waals surface area contributed by atoms with Crippen molar-refractivity contribution in [3.05, 3.63) is 88.6 Å². The molecule has 3 amide bonds. The first-order valence-electron chi connectivity index (χ1n) is 11.8. The van der Waals surface area contributed by atoms with Crippen molar-refractivity contribution >= 4 is 35.1 Å². The van der Waals surface area contributed by atoms with Gasteiger partial charge in [0.2, 0.25) is 17.7 Å². The normalized spacial score (nSPS) is 15.6. The number of rotatable bonds is 9. The van der Waals surface area contributed by atoms with E-state index >= 15 is 0 Å². The van der Waals surface area contributed by atoms with Crippen molar-refractivity contribution in [3.8, 4) is 5.75 Å². The highest BCUT2D eigenvalue weighted by molar-refractivity contribution is 6.30. The number of methoxy groups -OCH3 is 1. The quantitative estimate of drug-likeness (QED) is 0.418. The van der Waals surface area contributed by atoms with E-state index in [1.807, 2.05) is 42.5 Å². The lowest BCUT2D eigenvalue weighted by atomic mass is 10.00. The van der Waals surface area contributed by atoms with Gasteiger partial charge in [-0.1, -0.05) is 60.1 Å². The van der Waals surface area contributed by atoms with Gasteiger partial charge in [0.1, 0.15) is 35.9 Å². The summed E-state index contributed by atoms with van der Waals surface area (Å²) in [5.41, 5.74) is 7.98. The first-order valence-corrected chi connectivity index (χ1v) is 12.1. The Morgan fingerprint density at radius 2 is 1.81 bits per heavy atom. The maximum Gasteiger partial charge on any atom is 0.246 e. The molecule has 3 N–H and O–H groups in total. The van der Waals surface area contributed by atoms with Crippen molar-refractivity contribution in [2.75, 3.05) is 25.9 Å². The fourth-order valence-corrected chi connectivity index (χ4v) is 4.41. The number of benzene rings is 2. The summed E-state index contributed by atoms with van der Waals surface area (Å²) < 4.78 is 5.22.